The maximum absolute atomic E-state index is 11.3. The van der Waals surface area contributed by atoms with Gasteiger partial charge < -0.3 is 19.3 Å². The summed E-state index contributed by atoms with van der Waals surface area (Å²) in [6.07, 6.45) is 0. The molecule has 2 aromatic carbocycles. The van der Waals surface area contributed by atoms with E-state index in [0.717, 1.165) is 11.3 Å². The number of hydrogen-bond acceptors (Lipinski definition) is 4. The van der Waals surface area contributed by atoms with Crippen molar-refractivity contribution in [1.82, 2.24) is 0 Å². The molecule has 0 heterocycles. The first-order valence-corrected chi connectivity index (χ1v) is 6.75. The van der Waals surface area contributed by atoms with Crippen LogP contribution in [0.1, 0.15) is 21.5 Å². The molecule has 0 aromatic heterocycles. The number of methoxy groups -OCH3 is 2. The van der Waals surface area contributed by atoms with Gasteiger partial charge in [-0.3, -0.25) is 0 Å². The molecule has 0 aliphatic carbocycles. The molecule has 0 aliphatic heterocycles. The van der Waals surface area contributed by atoms with Crippen molar-refractivity contribution in [2.45, 2.75) is 13.2 Å². The lowest BCUT2D eigenvalue weighted by Gasteiger charge is -2.09. The first-order chi connectivity index (χ1) is 10.6. The molecular weight excluding hydrogens is 284 g/mol. The Hall–Kier alpha value is -2.53. The highest BCUT2D eigenvalue weighted by molar-refractivity contribution is 5.89. The average Bonchev–Trinajstić information content (AvgIpc) is 2.55. The molecule has 2 rings (SSSR count). The highest BCUT2D eigenvalue weighted by atomic mass is 16.5. The highest BCUT2D eigenvalue weighted by Gasteiger charge is 2.11. The van der Waals surface area contributed by atoms with Crippen LogP contribution in [-0.4, -0.2) is 25.3 Å². The molecule has 2 aromatic rings. The molecule has 22 heavy (non-hydrogen) atoms. The SMILES string of the molecule is COc1ccc(COCc2ccc(OC)cc2C(=O)O)cc1. The molecule has 0 amide bonds. The Morgan fingerprint density at radius 2 is 1.59 bits per heavy atom. The van der Waals surface area contributed by atoms with Crippen LogP contribution in [0, 0.1) is 0 Å². The summed E-state index contributed by atoms with van der Waals surface area (Å²) in [4.78, 5) is 11.3. The fraction of sp³-hybridized carbons (Fsp3) is 0.235. The number of aromatic carboxylic acids is 1. The summed E-state index contributed by atoms with van der Waals surface area (Å²) in [6, 6.07) is 12.4. The summed E-state index contributed by atoms with van der Waals surface area (Å²) in [5, 5.41) is 9.23. The smallest absolute Gasteiger partial charge is 0.336 e. The van der Waals surface area contributed by atoms with E-state index in [1.807, 2.05) is 24.3 Å². The molecule has 5 nitrogen and oxygen atoms in total. The predicted octanol–water partition coefficient (Wildman–Crippen LogP) is 3.12. The van der Waals surface area contributed by atoms with Crippen LogP contribution in [0.25, 0.3) is 0 Å². The van der Waals surface area contributed by atoms with Gasteiger partial charge in [-0.25, -0.2) is 4.79 Å². The fourth-order valence-corrected chi connectivity index (χ4v) is 2.01. The summed E-state index contributed by atoms with van der Waals surface area (Å²) in [5.41, 5.74) is 1.79. The molecule has 0 fully saturated rings. The zero-order chi connectivity index (χ0) is 15.9. The Labute approximate surface area is 129 Å². The van der Waals surface area contributed by atoms with Gasteiger partial charge in [0.25, 0.3) is 0 Å². The molecule has 0 radical (unpaired) electrons. The molecule has 0 unspecified atom stereocenters. The van der Waals surface area contributed by atoms with E-state index in [1.165, 1.54) is 13.2 Å². The Morgan fingerprint density at radius 1 is 0.955 bits per heavy atom. The number of hydrogen-bond donors (Lipinski definition) is 1. The molecule has 0 atom stereocenters. The number of carbonyl (C=O) groups is 1. The zero-order valence-corrected chi connectivity index (χ0v) is 12.5. The van der Waals surface area contributed by atoms with Crippen molar-refractivity contribution in [3.63, 3.8) is 0 Å². The molecule has 0 bridgehead atoms. The minimum absolute atomic E-state index is 0.189. The Morgan fingerprint density at radius 3 is 2.18 bits per heavy atom. The molecule has 1 N–H and O–H groups in total. The van der Waals surface area contributed by atoms with Gasteiger partial charge in [-0.15, -0.1) is 0 Å². The summed E-state index contributed by atoms with van der Waals surface area (Å²) in [6.45, 7) is 0.618. The van der Waals surface area contributed by atoms with Gasteiger partial charge in [0.15, 0.2) is 0 Å². The third kappa shape index (κ3) is 3.99. The summed E-state index contributed by atoms with van der Waals surface area (Å²) < 4.78 is 15.7. The quantitative estimate of drug-likeness (QED) is 0.851. The van der Waals surface area contributed by atoms with Crippen molar-refractivity contribution in [2.24, 2.45) is 0 Å². The number of carboxylic acid groups (broad SMARTS) is 1. The maximum atomic E-state index is 11.3. The first-order valence-electron chi connectivity index (χ1n) is 6.75. The lowest BCUT2D eigenvalue weighted by Crippen LogP contribution is -2.05. The topological polar surface area (TPSA) is 65.0 Å². The molecule has 0 spiro atoms. The molecule has 116 valence electrons. The van der Waals surface area contributed by atoms with Crippen LogP contribution in [0.2, 0.25) is 0 Å². The Bertz CT molecular complexity index is 634. The van der Waals surface area contributed by atoms with Crippen LogP contribution in [0.4, 0.5) is 0 Å². The van der Waals surface area contributed by atoms with E-state index in [4.69, 9.17) is 14.2 Å². The van der Waals surface area contributed by atoms with Crippen LogP contribution in [-0.2, 0) is 18.0 Å². The molecule has 5 heteroatoms. The third-order valence-corrected chi connectivity index (χ3v) is 3.23. The second-order valence-electron chi connectivity index (χ2n) is 4.67. The van der Waals surface area contributed by atoms with E-state index in [-0.39, 0.29) is 12.2 Å². The molecule has 0 saturated heterocycles. The van der Waals surface area contributed by atoms with Gasteiger partial charge in [-0.1, -0.05) is 18.2 Å². The van der Waals surface area contributed by atoms with Crippen molar-refractivity contribution in [2.75, 3.05) is 14.2 Å². The van der Waals surface area contributed by atoms with E-state index in [9.17, 15) is 9.90 Å². The number of carboxylic acids is 1. The fourth-order valence-electron chi connectivity index (χ4n) is 2.01. The van der Waals surface area contributed by atoms with E-state index < -0.39 is 5.97 Å². The van der Waals surface area contributed by atoms with E-state index >= 15 is 0 Å². The monoisotopic (exact) mass is 302 g/mol. The van der Waals surface area contributed by atoms with Crippen molar-refractivity contribution < 1.29 is 24.1 Å². The van der Waals surface area contributed by atoms with Gasteiger partial charge in [0.05, 0.1) is 33.0 Å². The van der Waals surface area contributed by atoms with Crippen molar-refractivity contribution >= 4 is 5.97 Å². The lowest BCUT2D eigenvalue weighted by molar-refractivity contribution is 0.0683. The third-order valence-electron chi connectivity index (χ3n) is 3.23. The molecule has 0 aliphatic rings. The van der Waals surface area contributed by atoms with Crippen molar-refractivity contribution in [1.29, 1.82) is 0 Å². The Kier molecular flexibility index (Phi) is 5.38. The standard InChI is InChI=1S/C17H18O5/c1-20-14-6-3-12(4-7-14)10-22-11-13-5-8-15(21-2)9-16(13)17(18)19/h3-9H,10-11H2,1-2H3,(H,18,19). The predicted molar refractivity (Wildman–Crippen MR) is 81.4 cm³/mol. The zero-order valence-electron chi connectivity index (χ0n) is 12.5. The maximum Gasteiger partial charge on any atom is 0.336 e. The minimum Gasteiger partial charge on any atom is -0.497 e. The first kappa shape index (κ1) is 15.9. The van der Waals surface area contributed by atoms with Gasteiger partial charge in [0.1, 0.15) is 11.5 Å². The van der Waals surface area contributed by atoms with Crippen LogP contribution >= 0.6 is 0 Å². The van der Waals surface area contributed by atoms with Crippen LogP contribution in [0.5, 0.6) is 11.5 Å². The van der Waals surface area contributed by atoms with Crippen LogP contribution in [0.3, 0.4) is 0 Å². The van der Waals surface area contributed by atoms with E-state index in [2.05, 4.69) is 0 Å². The van der Waals surface area contributed by atoms with Gasteiger partial charge in [0.2, 0.25) is 0 Å². The summed E-state index contributed by atoms with van der Waals surface area (Å²) in [5.74, 6) is 0.297. The lowest BCUT2D eigenvalue weighted by atomic mass is 10.1. The van der Waals surface area contributed by atoms with Crippen molar-refractivity contribution in [3.8, 4) is 11.5 Å². The summed E-state index contributed by atoms with van der Waals surface area (Å²) >= 11 is 0. The average molecular weight is 302 g/mol. The van der Waals surface area contributed by atoms with Gasteiger partial charge >= 0.3 is 5.97 Å². The van der Waals surface area contributed by atoms with Crippen molar-refractivity contribution in [3.05, 3.63) is 59.2 Å². The minimum atomic E-state index is -0.998. The van der Waals surface area contributed by atoms with Gasteiger partial charge in [0, 0.05) is 0 Å². The number of benzene rings is 2. The second kappa shape index (κ2) is 7.47. The van der Waals surface area contributed by atoms with Crippen LogP contribution < -0.4 is 9.47 Å². The Balaban J connectivity index is 2.00. The van der Waals surface area contributed by atoms with E-state index in [0.29, 0.717) is 17.9 Å². The van der Waals surface area contributed by atoms with E-state index in [1.54, 1.807) is 19.2 Å². The van der Waals surface area contributed by atoms with Gasteiger partial charge in [-0.2, -0.15) is 0 Å². The second-order valence-corrected chi connectivity index (χ2v) is 4.67. The van der Waals surface area contributed by atoms with Gasteiger partial charge in [-0.05, 0) is 35.4 Å². The molecule has 0 saturated carbocycles. The molecular formula is C17H18O5. The normalized spacial score (nSPS) is 10.3. The highest BCUT2D eigenvalue weighted by Crippen LogP contribution is 2.19. The summed E-state index contributed by atoms with van der Waals surface area (Å²) in [7, 11) is 3.11. The number of rotatable bonds is 7. The largest absolute Gasteiger partial charge is 0.497 e. The van der Waals surface area contributed by atoms with Crippen LogP contribution in [0.15, 0.2) is 42.5 Å². The number of ether oxygens (including phenoxy) is 3.